The number of hydrogen-bond acceptors (Lipinski definition) is 3. The van der Waals surface area contributed by atoms with Crippen LogP contribution >= 0.6 is 0 Å². The van der Waals surface area contributed by atoms with Gasteiger partial charge in [-0.15, -0.1) is 0 Å². The van der Waals surface area contributed by atoms with Crippen LogP contribution in [0.5, 0.6) is 0 Å². The summed E-state index contributed by atoms with van der Waals surface area (Å²) in [6.45, 7) is 3.38. The molecule has 1 aliphatic carbocycles. The predicted molar refractivity (Wildman–Crippen MR) is 65.0 cm³/mol. The fourth-order valence-electron chi connectivity index (χ4n) is 2.27. The number of carbonyl (C=O) groups excluding carboxylic acids is 1. The molecule has 1 aliphatic heterocycles. The van der Waals surface area contributed by atoms with Crippen LogP contribution in [0.15, 0.2) is 18.5 Å². The number of piperazine rings is 1. The Morgan fingerprint density at radius 1 is 1.29 bits per heavy atom. The van der Waals surface area contributed by atoms with Gasteiger partial charge in [-0.25, -0.2) is 0 Å². The van der Waals surface area contributed by atoms with Crippen molar-refractivity contribution in [2.45, 2.75) is 18.8 Å². The molecule has 1 aromatic heterocycles. The minimum Gasteiger partial charge on any atom is -0.336 e. The quantitative estimate of drug-likeness (QED) is 0.826. The highest BCUT2D eigenvalue weighted by Crippen LogP contribution is 2.39. The predicted octanol–water partition coefficient (Wildman–Crippen LogP) is 1.00. The van der Waals surface area contributed by atoms with Gasteiger partial charge >= 0.3 is 0 Å². The van der Waals surface area contributed by atoms with Crippen LogP contribution in [0.2, 0.25) is 0 Å². The molecule has 0 bridgehead atoms. The van der Waals surface area contributed by atoms with Gasteiger partial charge in [-0.05, 0) is 30.4 Å². The zero-order valence-electron chi connectivity index (χ0n) is 9.85. The molecular formula is C13H17N3O. The summed E-state index contributed by atoms with van der Waals surface area (Å²) >= 11 is 0. The topological polar surface area (TPSA) is 45.2 Å². The standard InChI is InChI=1S/C13H17N3O/c17-13(16-5-3-14-4-6-16)12-7-11(8-15-9-12)10-1-2-10/h7-10,14H,1-6H2. The summed E-state index contributed by atoms with van der Waals surface area (Å²) in [5.41, 5.74) is 1.97. The third kappa shape index (κ3) is 2.31. The summed E-state index contributed by atoms with van der Waals surface area (Å²) in [4.78, 5) is 18.4. The molecule has 1 N–H and O–H groups in total. The van der Waals surface area contributed by atoms with E-state index in [4.69, 9.17) is 0 Å². The lowest BCUT2D eigenvalue weighted by molar-refractivity contribution is 0.0735. The van der Waals surface area contributed by atoms with Crippen molar-refractivity contribution in [2.24, 2.45) is 0 Å². The van der Waals surface area contributed by atoms with Crippen molar-refractivity contribution >= 4 is 5.91 Å². The lowest BCUT2D eigenvalue weighted by atomic mass is 10.1. The maximum Gasteiger partial charge on any atom is 0.255 e. The molecule has 0 aromatic carbocycles. The first-order valence-electron chi connectivity index (χ1n) is 6.29. The number of rotatable bonds is 2. The van der Waals surface area contributed by atoms with Crippen molar-refractivity contribution in [1.29, 1.82) is 0 Å². The number of nitrogens with zero attached hydrogens (tertiary/aromatic N) is 2. The monoisotopic (exact) mass is 231 g/mol. The van der Waals surface area contributed by atoms with Crippen LogP contribution in [0.25, 0.3) is 0 Å². The summed E-state index contributed by atoms with van der Waals surface area (Å²) in [6.07, 6.45) is 6.07. The van der Waals surface area contributed by atoms with E-state index in [0.717, 1.165) is 31.7 Å². The number of carbonyl (C=O) groups is 1. The first kappa shape index (κ1) is 10.7. The Bertz CT molecular complexity index is 422. The fourth-order valence-corrected chi connectivity index (χ4v) is 2.27. The number of nitrogens with one attached hydrogen (secondary N) is 1. The Hall–Kier alpha value is -1.42. The summed E-state index contributed by atoms with van der Waals surface area (Å²) < 4.78 is 0. The molecule has 4 heteroatoms. The summed E-state index contributed by atoms with van der Waals surface area (Å²) in [5.74, 6) is 0.778. The Labute approximate surface area is 101 Å². The maximum absolute atomic E-state index is 12.3. The van der Waals surface area contributed by atoms with Gasteiger partial charge in [0.1, 0.15) is 0 Å². The largest absolute Gasteiger partial charge is 0.336 e. The lowest BCUT2D eigenvalue weighted by Gasteiger charge is -2.27. The molecule has 0 atom stereocenters. The van der Waals surface area contributed by atoms with E-state index in [1.807, 2.05) is 17.2 Å². The van der Waals surface area contributed by atoms with Crippen LogP contribution < -0.4 is 5.32 Å². The van der Waals surface area contributed by atoms with E-state index in [1.54, 1.807) is 6.20 Å². The van der Waals surface area contributed by atoms with Gasteiger partial charge in [0.15, 0.2) is 0 Å². The van der Waals surface area contributed by atoms with Gasteiger partial charge in [0, 0.05) is 38.6 Å². The zero-order valence-corrected chi connectivity index (χ0v) is 9.85. The second-order valence-electron chi connectivity index (χ2n) is 4.82. The van der Waals surface area contributed by atoms with Gasteiger partial charge in [0.2, 0.25) is 0 Å². The number of aromatic nitrogens is 1. The van der Waals surface area contributed by atoms with E-state index >= 15 is 0 Å². The SMILES string of the molecule is O=C(c1cncc(C2CC2)c1)N1CCNCC1. The Balaban J connectivity index is 1.77. The molecule has 3 rings (SSSR count). The second-order valence-corrected chi connectivity index (χ2v) is 4.82. The normalized spacial score (nSPS) is 20.4. The molecule has 0 unspecified atom stereocenters. The van der Waals surface area contributed by atoms with Crippen molar-refractivity contribution < 1.29 is 4.79 Å². The van der Waals surface area contributed by atoms with Gasteiger partial charge in [-0.2, -0.15) is 0 Å². The maximum atomic E-state index is 12.3. The van der Waals surface area contributed by atoms with E-state index in [9.17, 15) is 4.79 Å². The molecule has 1 amide bonds. The van der Waals surface area contributed by atoms with Crippen molar-refractivity contribution in [1.82, 2.24) is 15.2 Å². The molecule has 17 heavy (non-hydrogen) atoms. The van der Waals surface area contributed by atoms with Crippen LogP contribution in [0.4, 0.5) is 0 Å². The Morgan fingerprint density at radius 2 is 2.06 bits per heavy atom. The molecular weight excluding hydrogens is 214 g/mol. The molecule has 1 aromatic rings. The fraction of sp³-hybridized carbons (Fsp3) is 0.538. The van der Waals surface area contributed by atoms with E-state index in [0.29, 0.717) is 5.92 Å². The van der Waals surface area contributed by atoms with Crippen LogP contribution in [0.1, 0.15) is 34.7 Å². The molecule has 0 radical (unpaired) electrons. The van der Waals surface area contributed by atoms with Crippen molar-refractivity contribution in [3.8, 4) is 0 Å². The number of pyridine rings is 1. The molecule has 1 saturated carbocycles. The van der Waals surface area contributed by atoms with Crippen LogP contribution in [0, 0.1) is 0 Å². The molecule has 2 heterocycles. The van der Waals surface area contributed by atoms with E-state index < -0.39 is 0 Å². The third-order valence-corrected chi connectivity index (χ3v) is 3.46. The van der Waals surface area contributed by atoms with Crippen LogP contribution in [-0.4, -0.2) is 42.0 Å². The highest BCUT2D eigenvalue weighted by atomic mass is 16.2. The van der Waals surface area contributed by atoms with E-state index in [-0.39, 0.29) is 5.91 Å². The lowest BCUT2D eigenvalue weighted by Crippen LogP contribution is -2.46. The summed E-state index contributed by atoms with van der Waals surface area (Å²) in [7, 11) is 0. The zero-order chi connectivity index (χ0) is 11.7. The third-order valence-electron chi connectivity index (χ3n) is 3.46. The van der Waals surface area contributed by atoms with Gasteiger partial charge in [-0.3, -0.25) is 9.78 Å². The minimum absolute atomic E-state index is 0.126. The van der Waals surface area contributed by atoms with E-state index in [1.165, 1.54) is 18.4 Å². The van der Waals surface area contributed by atoms with Gasteiger partial charge < -0.3 is 10.2 Å². The molecule has 0 spiro atoms. The molecule has 4 nitrogen and oxygen atoms in total. The van der Waals surface area contributed by atoms with Gasteiger partial charge in [0.05, 0.1) is 5.56 Å². The van der Waals surface area contributed by atoms with Crippen LogP contribution in [-0.2, 0) is 0 Å². The van der Waals surface area contributed by atoms with Crippen molar-refractivity contribution in [3.05, 3.63) is 29.6 Å². The minimum atomic E-state index is 0.126. The van der Waals surface area contributed by atoms with Crippen molar-refractivity contribution in [3.63, 3.8) is 0 Å². The highest BCUT2D eigenvalue weighted by molar-refractivity contribution is 5.94. The van der Waals surface area contributed by atoms with E-state index in [2.05, 4.69) is 10.3 Å². The molecule has 90 valence electrons. The first-order chi connectivity index (χ1) is 8.34. The molecule has 1 saturated heterocycles. The van der Waals surface area contributed by atoms with Crippen molar-refractivity contribution in [2.75, 3.05) is 26.2 Å². The average molecular weight is 231 g/mol. The molecule has 2 aliphatic rings. The van der Waals surface area contributed by atoms with Crippen LogP contribution in [0.3, 0.4) is 0 Å². The van der Waals surface area contributed by atoms with Gasteiger partial charge in [0.25, 0.3) is 5.91 Å². The van der Waals surface area contributed by atoms with Gasteiger partial charge in [-0.1, -0.05) is 0 Å². The average Bonchev–Trinajstić information content (AvgIpc) is 3.23. The smallest absolute Gasteiger partial charge is 0.255 e. The first-order valence-corrected chi connectivity index (χ1v) is 6.29. The Kier molecular flexibility index (Phi) is 2.81. The molecule has 2 fully saturated rings. The second kappa shape index (κ2) is 4.45. The highest BCUT2D eigenvalue weighted by Gasteiger charge is 2.25. The number of hydrogen-bond donors (Lipinski definition) is 1. The summed E-state index contributed by atoms with van der Waals surface area (Å²) in [5, 5.41) is 3.25. The Morgan fingerprint density at radius 3 is 2.76 bits per heavy atom. The summed E-state index contributed by atoms with van der Waals surface area (Å²) in [6, 6.07) is 2.02. The number of amides is 1.